The molecule has 0 spiro atoms. The molecular weight excluding hydrogens is 212 g/mol. The number of hydrogen-bond acceptors (Lipinski definition) is 2. The first kappa shape index (κ1) is 10.4. The summed E-state index contributed by atoms with van der Waals surface area (Å²) >= 11 is 0. The molecule has 1 aromatic carbocycles. The van der Waals surface area contributed by atoms with Gasteiger partial charge >= 0.3 is 0 Å². The van der Waals surface area contributed by atoms with E-state index in [9.17, 15) is 4.79 Å². The number of carbonyl (C=O) groups excluding carboxylic acids is 1. The van der Waals surface area contributed by atoms with Crippen LogP contribution in [0.5, 0.6) is 0 Å². The van der Waals surface area contributed by atoms with Gasteiger partial charge in [-0.25, -0.2) is 0 Å². The van der Waals surface area contributed by atoms with E-state index >= 15 is 0 Å². The molecule has 17 heavy (non-hydrogen) atoms. The maximum atomic E-state index is 12.4. The van der Waals surface area contributed by atoms with Crippen LogP contribution in [-0.2, 0) is 4.79 Å². The largest absolute Gasteiger partial charge is 0.400 e. The summed E-state index contributed by atoms with van der Waals surface area (Å²) in [7, 11) is 0. The van der Waals surface area contributed by atoms with Gasteiger partial charge in [-0.15, -0.1) is 0 Å². The lowest BCUT2D eigenvalue weighted by Gasteiger charge is -2.22. The van der Waals surface area contributed by atoms with Crippen LogP contribution in [0.3, 0.4) is 0 Å². The van der Waals surface area contributed by atoms with E-state index in [-0.39, 0.29) is 11.9 Å². The Morgan fingerprint density at radius 1 is 1.24 bits per heavy atom. The van der Waals surface area contributed by atoms with Crippen LogP contribution in [0.4, 0.5) is 0 Å². The lowest BCUT2D eigenvalue weighted by atomic mass is 10.0. The summed E-state index contributed by atoms with van der Waals surface area (Å²) in [5.74, 6) is 0.101. The van der Waals surface area contributed by atoms with E-state index < -0.39 is 0 Å². The van der Waals surface area contributed by atoms with E-state index in [1.165, 1.54) is 0 Å². The van der Waals surface area contributed by atoms with E-state index in [0.29, 0.717) is 17.3 Å². The summed E-state index contributed by atoms with van der Waals surface area (Å²) in [4.78, 5) is 14.3. The number of amides is 1. The lowest BCUT2D eigenvalue weighted by molar-refractivity contribution is -0.125. The zero-order valence-corrected chi connectivity index (χ0v) is 9.89. The summed E-state index contributed by atoms with van der Waals surface area (Å²) in [5, 5.41) is 0. The van der Waals surface area contributed by atoms with Gasteiger partial charge in [0.1, 0.15) is 0 Å². The van der Waals surface area contributed by atoms with Crippen molar-refractivity contribution in [2.24, 2.45) is 5.73 Å². The minimum Gasteiger partial charge on any atom is -0.400 e. The second-order valence-electron chi connectivity index (χ2n) is 4.82. The Hall–Kier alpha value is -1.77. The third kappa shape index (κ3) is 1.54. The Morgan fingerprint density at radius 2 is 1.88 bits per heavy atom. The molecule has 0 aromatic heterocycles. The molecule has 1 unspecified atom stereocenters. The zero-order chi connectivity index (χ0) is 12.0. The monoisotopic (exact) mass is 228 g/mol. The minimum absolute atomic E-state index is 0.0465. The van der Waals surface area contributed by atoms with E-state index in [2.05, 4.69) is 0 Å². The summed E-state index contributed by atoms with van der Waals surface area (Å²) < 4.78 is 0. The fourth-order valence-corrected chi connectivity index (χ4v) is 2.52. The summed E-state index contributed by atoms with van der Waals surface area (Å²) in [6.45, 7) is 2.02. The molecule has 0 bridgehead atoms. The Morgan fingerprint density at radius 3 is 2.47 bits per heavy atom. The molecule has 1 atom stereocenters. The Labute approximate surface area is 101 Å². The number of benzene rings is 1. The first-order valence-corrected chi connectivity index (χ1v) is 6.08. The molecule has 2 aliphatic rings. The summed E-state index contributed by atoms with van der Waals surface area (Å²) in [6.07, 6.45) is 2.23. The lowest BCUT2D eigenvalue weighted by Crippen LogP contribution is -2.36. The number of nitrogens with zero attached hydrogens (tertiary/aromatic N) is 1. The topological polar surface area (TPSA) is 46.3 Å². The molecule has 0 saturated heterocycles. The summed E-state index contributed by atoms with van der Waals surface area (Å²) in [5.41, 5.74) is 8.47. The van der Waals surface area contributed by atoms with Crippen LogP contribution in [0.1, 0.15) is 25.3 Å². The van der Waals surface area contributed by atoms with Crippen molar-refractivity contribution in [1.29, 1.82) is 0 Å². The second kappa shape index (κ2) is 3.62. The van der Waals surface area contributed by atoms with Crippen molar-refractivity contribution < 1.29 is 4.79 Å². The quantitative estimate of drug-likeness (QED) is 0.838. The highest BCUT2D eigenvalue weighted by atomic mass is 16.2. The minimum atomic E-state index is 0.0465. The van der Waals surface area contributed by atoms with Gasteiger partial charge in [-0.1, -0.05) is 30.3 Å². The standard InChI is InChI=1S/C14H16N2O/c1-9-13(15)12(10-5-3-2-4-6-10)14(17)16(9)11-7-8-11/h2-6,9,11H,7-8,15H2,1H3. The predicted octanol–water partition coefficient (Wildman–Crippen LogP) is 1.75. The van der Waals surface area contributed by atoms with Crippen LogP contribution < -0.4 is 5.73 Å². The van der Waals surface area contributed by atoms with Gasteiger partial charge in [0.15, 0.2) is 0 Å². The fourth-order valence-electron chi connectivity index (χ4n) is 2.52. The highest BCUT2D eigenvalue weighted by molar-refractivity contribution is 6.23. The third-order valence-electron chi connectivity index (χ3n) is 3.61. The molecule has 3 rings (SSSR count). The van der Waals surface area contributed by atoms with Crippen molar-refractivity contribution in [2.45, 2.75) is 31.8 Å². The Bertz CT molecular complexity index is 488. The zero-order valence-electron chi connectivity index (χ0n) is 9.89. The van der Waals surface area contributed by atoms with Gasteiger partial charge < -0.3 is 10.6 Å². The molecule has 1 heterocycles. The van der Waals surface area contributed by atoms with E-state index in [1.54, 1.807) is 0 Å². The molecule has 88 valence electrons. The normalized spacial score (nSPS) is 24.6. The predicted molar refractivity (Wildman–Crippen MR) is 66.9 cm³/mol. The van der Waals surface area contributed by atoms with Crippen molar-refractivity contribution in [3.8, 4) is 0 Å². The van der Waals surface area contributed by atoms with Crippen LogP contribution >= 0.6 is 0 Å². The van der Waals surface area contributed by atoms with Crippen LogP contribution in [0.15, 0.2) is 36.0 Å². The molecular formula is C14H16N2O. The first-order chi connectivity index (χ1) is 8.20. The molecule has 1 aliphatic carbocycles. The maximum absolute atomic E-state index is 12.4. The highest BCUT2D eigenvalue weighted by Crippen LogP contribution is 2.38. The average molecular weight is 228 g/mol. The van der Waals surface area contributed by atoms with E-state index in [4.69, 9.17) is 5.73 Å². The Balaban J connectivity index is 2.01. The van der Waals surface area contributed by atoms with Crippen molar-refractivity contribution in [3.05, 3.63) is 41.6 Å². The van der Waals surface area contributed by atoms with Gasteiger partial charge in [-0.3, -0.25) is 4.79 Å². The SMILES string of the molecule is CC1C(N)=C(c2ccccc2)C(=O)N1C1CC1. The van der Waals surface area contributed by atoms with Crippen molar-refractivity contribution >= 4 is 11.5 Å². The molecule has 1 fully saturated rings. The van der Waals surface area contributed by atoms with Crippen molar-refractivity contribution in [2.75, 3.05) is 0 Å². The number of carbonyl (C=O) groups is 1. The molecule has 3 nitrogen and oxygen atoms in total. The fraction of sp³-hybridized carbons (Fsp3) is 0.357. The van der Waals surface area contributed by atoms with Gasteiger partial charge in [0.2, 0.25) is 0 Å². The molecule has 1 amide bonds. The summed E-state index contributed by atoms with van der Waals surface area (Å²) in [6, 6.07) is 10.2. The third-order valence-corrected chi connectivity index (χ3v) is 3.61. The second-order valence-corrected chi connectivity index (χ2v) is 4.82. The molecule has 1 aromatic rings. The Kier molecular flexibility index (Phi) is 2.21. The van der Waals surface area contributed by atoms with Crippen LogP contribution in [-0.4, -0.2) is 22.9 Å². The molecule has 1 aliphatic heterocycles. The van der Waals surface area contributed by atoms with Gasteiger partial charge in [0, 0.05) is 11.7 Å². The van der Waals surface area contributed by atoms with E-state index in [1.807, 2.05) is 42.2 Å². The first-order valence-electron chi connectivity index (χ1n) is 6.08. The number of hydrogen-bond donors (Lipinski definition) is 1. The molecule has 2 N–H and O–H groups in total. The van der Waals surface area contributed by atoms with Gasteiger partial charge in [-0.2, -0.15) is 0 Å². The van der Waals surface area contributed by atoms with Crippen molar-refractivity contribution in [1.82, 2.24) is 4.90 Å². The average Bonchev–Trinajstić information content (AvgIpc) is 3.12. The molecule has 0 radical (unpaired) electrons. The van der Waals surface area contributed by atoms with Gasteiger partial charge in [0.05, 0.1) is 11.6 Å². The van der Waals surface area contributed by atoms with Crippen LogP contribution in [0, 0.1) is 0 Å². The number of rotatable bonds is 2. The van der Waals surface area contributed by atoms with Crippen LogP contribution in [0.25, 0.3) is 5.57 Å². The van der Waals surface area contributed by atoms with Gasteiger partial charge in [0.25, 0.3) is 5.91 Å². The van der Waals surface area contributed by atoms with Crippen LogP contribution in [0.2, 0.25) is 0 Å². The highest BCUT2D eigenvalue weighted by Gasteiger charge is 2.43. The van der Waals surface area contributed by atoms with E-state index in [0.717, 1.165) is 18.4 Å². The van der Waals surface area contributed by atoms with Gasteiger partial charge in [-0.05, 0) is 25.3 Å². The molecule has 1 saturated carbocycles. The molecule has 3 heteroatoms. The van der Waals surface area contributed by atoms with Crippen molar-refractivity contribution in [3.63, 3.8) is 0 Å². The number of nitrogens with two attached hydrogens (primary N) is 1. The smallest absolute Gasteiger partial charge is 0.257 e. The maximum Gasteiger partial charge on any atom is 0.257 e.